The third kappa shape index (κ3) is 3.29. The van der Waals surface area contributed by atoms with Crippen molar-refractivity contribution in [3.8, 4) is 0 Å². The first kappa shape index (κ1) is 13.9. The molecule has 0 unspecified atom stereocenters. The lowest BCUT2D eigenvalue weighted by Gasteiger charge is -2.42. The fraction of sp³-hybridized carbons (Fsp3) is 0.571. The number of rotatable bonds is 1. The second kappa shape index (κ2) is 5.25. The average Bonchev–Trinajstić information content (AvgIpc) is 2.37. The van der Waals surface area contributed by atoms with Crippen LogP contribution in [-0.4, -0.2) is 52.4 Å². The number of carbonyl (C=O) groups excluding carboxylic acids is 1. The minimum absolute atomic E-state index is 0.116. The Morgan fingerprint density at radius 2 is 1.89 bits per heavy atom. The molecule has 0 saturated carbocycles. The highest BCUT2D eigenvalue weighted by Crippen LogP contribution is 2.17. The summed E-state index contributed by atoms with van der Waals surface area (Å²) in [6.45, 7) is 9.57. The first-order chi connectivity index (χ1) is 8.88. The normalized spacial score (nSPS) is 17.6. The maximum Gasteiger partial charge on any atom is 0.254 e. The van der Waals surface area contributed by atoms with Gasteiger partial charge in [-0.25, -0.2) is 4.98 Å². The summed E-state index contributed by atoms with van der Waals surface area (Å²) in [6, 6.07) is 2.75. The van der Waals surface area contributed by atoms with Gasteiger partial charge in [0, 0.05) is 49.5 Å². The van der Waals surface area contributed by atoms with Crippen LogP contribution in [0.4, 0.5) is 4.39 Å². The van der Waals surface area contributed by atoms with Crippen molar-refractivity contribution >= 4 is 5.91 Å². The van der Waals surface area contributed by atoms with Crippen molar-refractivity contribution < 1.29 is 9.18 Å². The summed E-state index contributed by atoms with van der Waals surface area (Å²) in [4.78, 5) is 19.8. The van der Waals surface area contributed by atoms with E-state index in [-0.39, 0.29) is 11.4 Å². The highest BCUT2D eigenvalue weighted by Gasteiger charge is 2.28. The molecule has 1 aliphatic rings. The molecule has 1 aliphatic heterocycles. The summed E-state index contributed by atoms with van der Waals surface area (Å²) in [5.74, 6) is -0.728. The molecular formula is C14H20FN3O. The number of pyridine rings is 1. The molecular weight excluding hydrogens is 245 g/mol. The predicted molar refractivity (Wildman–Crippen MR) is 71.4 cm³/mol. The lowest BCUT2D eigenvalue weighted by atomic mass is 10.0. The Labute approximate surface area is 113 Å². The van der Waals surface area contributed by atoms with Crippen LogP contribution in [0.15, 0.2) is 18.3 Å². The smallest absolute Gasteiger partial charge is 0.254 e. The topological polar surface area (TPSA) is 36.4 Å². The van der Waals surface area contributed by atoms with Gasteiger partial charge in [0.2, 0.25) is 5.95 Å². The van der Waals surface area contributed by atoms with Crippen LogP contribution < -0.4 is 0 Å². The van der Waals surface area contributed by atoms with Crippen molar-refractivity contribution in [3.63, 3.8) is 0 Å². The van der Waals surface area contributed by atoms with Crippen LogP contribution in [0.5, 0.6) is 0 Å². The highest BCUT2D eigenvalue weighted by molar-refractivity contribution is 5.94. The maximum atomic E-state index is 13.0. The number of piperazine rings is 1. The van der Waals surface area contributed by atoms with Crippen molar-refractivity contribution in [1.82, 2.24) is 14.8 Å². The summed E-state index contributed by atoms with van der Waals surface area (Å²) >= 11 is 0. The summed E-state index contributed by atoms with van der Waals surface area (Å²) in [7, 11) is 0. The molecule has 0 N–H and O–H groups in total. The van der Waals surface area contributed by atoms with Gasteiger partial charge in [-0.3, -0.25) is 9.69 Å². The molecule has 2 heterocycles. The molecule has 19 heavy (non-hydrogen) atoms. The molecule has 1 fully saturated rings. The molecule has 104 valence electrons. The van der Waals surface area contributed by atoms with Crippen molar-refractivity contribution in [2.75, 3.05) is 26.2 Å². The molecule has 1 aromatic rings. The van der Waals surface area contributed by atoms with Gasteiger partial charge in [-0.15, -0.1) is 0 Å². The lowest BCUT2D eigenvalue weighted by molar-refractivity contribution is 0.0450. The largest absolute Gasteiger partial charge is 0.336 e. The maximum absolute atomic E-state index is 13.0. The van der Waals surface area contributed by atoms with Gasteiger partial charge < -0.3 is 4.90 Å². The summed E-state index contributed by atoms with van der Waals surface area (Å²) in [5.41, 5.74) is 0.495. The first-order valence-corrected chi connectivity index (χ1v) is 6.54. The van der Waals surface area contributed by atoms with Crippen LogP contribution >= 0.6 is 0 Å². The van der Waals surface area contributed by atoms with E-state index >= 15 is 0 Å². The Hall–Kier alpha value is -1.49. The zero-order valence-corrected chi connectivity index (χ0v) is 11.7. The van der Waals surface area contributed by atoms with E-state index in [2.05, 4.69) is 30.7 Å². The van der Waals surface area contributed by atoms with Crippen LogP contribution in [0, 0.1) is 5.95 Å². The number of amides is 1. The van der Waals surface area contributed by atoms with Gasteiger partial charge >= 0.3 is 0 Å². The number of hydrogen-bond acceptors (Lipinski definition) is 3. The molecule has 0 aromatic carbocycles. The van der Waals surface area contributed by atoms with Gasteiger partial charge in [0.15, 0.2) is 0 Å². The molecule has 0 aliphatic carbocycles. The average molecular weight is 265 g/mol. The minimum Gasteiger partial charge on any atom is -0.336 e. The molecule has 0 radical (unpaired) electrons. The highest BCUT2D eigenvalue weighted by atomic mass is 19.1. The van der Waals surface area contributed by atoms with Gasteiger partial charge in [0.1, 0.15) is 0 Å². The van der Waals surface area contributed by atoms with Gasteiger partial charge in [0.05, 0.1) is 0 Å². The van der Waals surface area contributed by atoms with Crippen LogP contribution in [0.3, 0.4) is 0 Å². The van der Waals surface area contributed by atoms with E-state index < -0.39 is 5.95 Å². The quantitative estimate of drug-likeness (QED) is 0.726. The lowest BCUT2D eigenvalue weighted by Crippen LogP contribution is -2.54. The molecule has 2 rings (SSSR count). The SMILES string of the molecule is CC(C)(C)N1CCN(C(=O)c2ccnc(F)c2)CC1. The summed E-state index contributed by atoms with van der Waals surface area (Å²) in [6.07, 6.45) is 1.33. The van der Waals surface area contributed by atoms with E-state index in [0.717, 1.165) is 13.1 Å². The molecule has 1 aromatic heterocycles. The van der Waals surface area contributed by atoms with Gasteiger partial charge in [-0.05, 0) is 26.8 Å². The Kier molecular flexibility index (Phi) is 3.85. The molecule has 0 bridgehead atoms. The van der Waals surface area contributed by atoms with E-state index in [1.54, 1.807) is 11.0 Å². The summed E-state index contributed by atoms with van der Waals surface area (Å²) in [5, 5.41) is 0. The zero-order valence-electron chi connectivity index (χ0n) is 11.7. The van der Waals surface area contributed by atoms with Crippen molar-refractivity contribution in [2.24, 2.45) is 0 Å². The van der Waals surface area contributed by atoms with Gasteiger partial charge in [-0.1, -0.05) is 0 Å². The Bertz CT molecular complexity index is 462. The molecule has 0 spiro atoms. The number of carbonyl (C=O) groups is 1. The minimum atomic E-state index is -0.612. The summed E-state index contributed by atoms with van der Waals surface area (Å²) < 4.78 is 13.0. The van der Waals surface area contributed by atoms with Gasteiger partial charge in [0.25, 0.3) is 5.91 Å². The van der Waals surface area contributed by atoms with Crippen molar-refractivity contribution in [3.05, 3.63) is 29.8 Å². The fourth-order valence-electron chi connectivity index (χ4n) is 2.30. The van der Waals surface area contributed by atoms with E-state index in [9.17, 15) is 9.18 Å². The third-order valence-corrected chi connectivity index (χ3v) is 3.49. The Balaban J connectivity index is 2.00. The number of aromatic nitrogens is 1. The second-order valence-electron chi connectivity index (χ2n) is 5.82. The van der Waals surface area contributed by atoms with Crippen LogP contribution in [0.25, 0.3) is 0 Å². The molecule has 1 saturated heterocycles. The molecule has 4 nitrogen and oxygen atoms in total. The van der Waals surface area contributed by atoms with Gasteiger partial charge in [-0.2, -0.15) is 4.39 Å². The zero-order chi connectivity index (χ0) is 14.0. The van der Waals surface area contributed by atoms with E-state index in [1.807, 2.05) is 0 Å². The van der Waals surface area contributed by atoms with E-state index in [0.29, 0.717) is 18.7 Å². The van der Waals surface area contributed by atoms with Crippen molar-refractivity contribution in [2.45, 2.75) is 26.3 Å². The van der Waals surface area contributed by atoms with E-state index in [1.165, 1.54) is 12.3 Å². The van der Waals surface area contributed by atoms with E-state index in [4.69, 9.17) is 0 Å². The van der Waals surface area contributed by atoms with Crippen LogP contribution in [0.1, 0.15) is 31.1 Å². The number of halogens is 1. The number of nitrogens with zero attached hydrogens (tertiary/aromatic N) is 3. The predicted octanol–water partition coefficient (Wildman–Crippen LogP) is 1.78. The molecule has 0 atom stereocenters. The third-order valence-electron chi connectivity index (χ3n) is 3.49. The van der Waals surface area contributed by atoms with Crippen LogP contribution in [0.2, 0.25) is 0 Å². The second-order valence-corrected chi connectivity index (χ2v) is 5.82. The standard InChI is InChI=1S/C14H20FN3O/c1-14(2,3)18-8-6-17(7-9-18)13(19)11-4-5-16-12(15)10-11/h4-5,10H,6-9H2,1-3H3. The monoisotopic (exact) mass is 265 g/mol. The fourth-order valence-corrected chi connectivity index (χ4v) is 2.30. The molecule has 5 heteroatoms. The van der Waals surface area contributed by atoms with Crippen molar-refractivity contribution in [1.29, 1.82) is 0 Å². The number of hydrogen-bond donors (Lipinski definition) is 0. The first-order valence-electron chi connectivity index (χ1n) is 6.54. The Morgan fingerprint density at radius 1 is 1.26 bits per heavy atom. The Morgan fingerprint density at radius 3 is 2.42 bits per heavy atom. The van der Waals surface area contributed by atoms with Crippen LogP contribution in [-0.2, 0) is 0 Å². The molecule has 1 amide bonds.